The lowest BCUT2D eigenvalue weighted by molar-refractivity contribution is 0.221. The highest BCUT2D eigenvalue weighted by molar-refractivity contribution is 5.79. The van der Waals surface area contributed by atoms with Crippen LogP contribution in [0.25, 0.3) is 5.69 Å². The number of benzene rings is 2. The van der Waals surface area contributed by atoms with E-state index < -0.39 is 0 Å². The Labute approximate surface area is 185 Å². The summed E-state index contributed by atoms with van der Waals surface area (Å²) >= 11 is 0. The van der Waals surface area contributed by atoms with Gasteiger partial charge in [-0.15, -0.1) is 0 Å². The van der Waals surface area contributed by atoms with Crippen LogP contribution in [0.3, 0.4) is 0 Å². The number of piperidine rings is 1. The number of hydrogen-bond acceptors (Lipinski definition) is 3. The topological polar surface area (TPSA) is 57.5 Å². The highest BCUT2D eigenvalue weighted by atomic mass is 15.3. The summed E-state index contributed by atoms with van der Waals surface area (Å²) in [4.78, 5) is 6.90. The maximum Gasteiger partial charge on any atom is 0.191 e. The van der Waals surface area contributed by atoms with Crippen molar-refractivity contribution < 1.29 is 0 Å². The fourth-order valence-corrected chi connectivity index (χ4v) is 3.90. The molecule has 0 bridgehead atoms. The quantitative estimate of drug-likeness (QED) is 0.455. The van der Waals surface area contributed by atoms with Gasteiger partial charge in [0.05, 0.1) is 11.9 Å². The van der Waals surface area contributed by atoms with Crippen LogP contribution in [-0.4, -0.2) is 40.8 Å². The lowest BCUT2D eigenvalue weighted by Gasteiger charge is -2.26. The van der Waals surface area contributed by atoms with Gasteiger partial charge in [0.1, 0.15) is 0 Å². The Morgan fingerprint density at radius 3 is 2.26 bits per heavy atom. The first kappa shape index (κ1) is 21.1. The van der Waals surface area contributed by atoms with Crippen LogP contribution >= 0.6 is 0 Å². The number of nitrogens with one attached hydrogen (secondary N) is 2. The molecule has 0 radical (unpaired) electrons. The first-order valence-corrected chi connectivity index (χ1v) is 11.1. The molecule has 0 unspecified atom stereocenters. The van der Waals surface area contributed by atoms with Gasteiger partial charge < -0.3 is 10.6 Å². The van der Waals surface area contributed by atoms with Gasteiger partial charge in [0, 0.05) is 38.4 Å². The minimum absolute atomic E-state index is 0.668. The second kappa shape index (κ2) is 10.8. The molecule has 0 aliphatic carbocycles. The molecular weight excluding hydrogens is 384 g/mol. The van der Waals surface area contributed by atoms with Crippen LogP contribution in [0.15, 0.2) is 72.0 Å². The molecule has 1 aliphatic rings. The number of aliphatic imine (C=N–C) groups is 1. The molecule has 2 heterocycles. The van der Waals surface area contributed by atoms with Crippen molar-refractivity contribution in [3.8, 4) is 5.69 Å². The highest BCUT2D eigenvalue weighted by Crippen LogP contribution is 2.13. The van der Waals surface area contributed by atoms with E-state index in [4.69, 9.17) is 0 Å². The normalized spacial score (nSPS) is 15.1. The van der Waals surface area contributed by atoms with E-state index in [2.05, 4.69) is 49.9 Å². The molecule has 2 N–H and O–H groups in total. The number of aromatic nitrogens is 2. The first-order chi connectivity index (χ1) is 15.3. The van der Waals surface area contributed by atoms with Crippen molar-refractivity contribution in [1.82, 2.24) is 25.3 Å². The summed E-state index contributed by atoms with van der Waals surface area (Å²) in [6, 6.07) is 19.0. The largest absolute Gasteiger partial charge is 0.352 e. The van der Waals surface area contributed by atoms with Crippen LogP contribution in [0.1, 0.15) is 36.0 Å². The molecule has 31 heavy (non-hydrogen) atoms. The van der Waals surface area contributed by atoms with Crippen LogP contribution in [0, 0.1) is 0 Å². The number of para-hydroxylation sites is 1. The van der Waals surface area contributed by atoms with E-state index in [1.807, 2.05) is 47.4 Å². The summed E-state index contributed by atoms with van der Waals surface area (Å²) in [5.74, 6) is 0.782. The predicted molar refractivity (Wildman–Crippen MR) is 126 cm³/mol. The monoisotopic (exact) mass is 416 g/mol. The second-order valence-corrected chi connectivity index (χ2v) is 8.06. The van der Waals surface area contributed by atoms with Crippen molar-refractivity contribution in [3.63, 3.8) is 0 Å². The van der Waals surface area contributed by atoms with E-state index in [-0.39, 0.29) is 0 Å². The van der Waals surface area contributed by atoms with Crippen LogP contribution < -0.4 is 10.6 Å². The Balaban J connectivity index is 1.24. The third-order valence-corrected chi connectivity index (χ3v) is 5.68. The van der Waals surface area contributed by atoms with Crippen LogP contribution in [0.2, 0.25) is 0 Å². The Morgan fingerprint density at radius 2 is 1.55 bits per heavy atom. The Bertz CT molecular complexity index is 955. The zero-order valence-electron chi connectivity index (χ0n) is 18.3. The molecule has 162 valence electrons. The van der Waals surface area contributed by atoms with Gasteiger partial charge in [-0.05, 0) is 49.2 Å². The SMILES string of the molecule is CN=C(NCc1ccc(CN2CCCCC2)cc1)NCc1cnn(-c2ccccc2)c1. The summed E-state index contributed by atoms with van der Waals surface area (Å²) in [5, 5.41) is 11.2. The molecular formula is C25H32N6. The van der Waals surface area contributed by atoms with Crippen molar-refractivity contribution in [2.24, 2.45) is 4.99 Å². The Kier molecular flexibility index (Phi) is 7.34. The van der Waals surface area contributed by atoms with Crippen molar-refractivity contribution in [2.45, 2.75) is 38.9 Å². The van der Waals surface area contributed by atoms with E-state index in [1.54, 1.807) is 7.05 Å². The number of guanidine groups is 1. The molecule has 1 fully saturated rings. The van der Waals surface area contributed by atoms with Crippen molar-refractivity contribution in [3.05, 3.63) is 83.7 Å². The van der Waals surface area contributed by atoms with E-state index in [0.29, 0.717) is 6.54 Å². The molecule has 1 saturated heterocycles. The molecule has 6 nitrogen and oxygen atoms in total. The van der Waals surface area contributed by atoms with E-state index in [1.165, 1.54) is 43.5 Å². The van der Waals surface area contributed by atoms with Gasteiger partial charge in [0.25, 0.3) is 0 Å². The standard InChI is InChI=1S/C25H32N6/c1-26-25(28-17-23-18-29-31(20-23)24-8-4-2-5-9-24)27-16-21-10-12-22(13-11-21)19-30-14-6-3-7-15-30/h2,4-5,8-13,18,20H,3,6-7,14-17,19H2,1H3,(H2,26,27,28). The zero-order valence-corrected chi connectivity index (χ0v) is 18.3. The zero-order chi connectivity index (χ0) is 21.3. The third kappa shape index (κ3) is 6.18. The van der Waals surface area contributed by atoms with Crippen LogP contribution in [0.5, 0.6) is 0 Å². The molecule has 1 aromatic heterocycles. The van der Waals surface area contributed by atoms with Gasteiger partial charge in [0.2, 0.25) is 0 Å². The minimum atomic E-state index is 0.668. The van der Waals surface area contributed by atoms with Crippen molar-refractivity contribution >= 4 is 5.96 Å². The summed E-state index contributed by atoms with van der Waals surface area (Å²) in [6.07, 6.45) is 7.97. The second-order valence-electron chi connectivity index (χ2n) is 8.06. The average Bonchev–Trinajstić information content (AvgIpc) is 3.31. The minimum Gasteiger partial charge on any atom is -0.352 e. The van der Waals surface area contributed by atoms with Gasteiger partial charge in [0.15, 0.2) is 5.96 Å². The maximum atomic E-state index is 4.45. The maximum absolute atomic E-state index is 4.45. The molecule has 0 saturated carbocycles. The number of rotatable bonds is 7. The summed E-state index contributed by atoms with van der Waals surface area (Å²) in [6.45, 7) is 4.94. The molecule has 0 amide bonds. The fourth-order valence-electron chi connectivity index (χ4n) is 3.90. The smallest absolute Gasteiger partial charge is 0.191 e. The van der Waals surface area contributed by atoms with Crippen molar-refractivity contribution in [2.75, 3.05) is 20.1 Å². The van der Waals surface area contributed by atoms with E-state index in [0.717, 1.165) is 30.3 Å². The number of nitrogens with zero attached hydrogens (tertiary/aromatic N) is 4. The molecule has 4 rings (SSSR count). The highest BCUT2D eigenvalue weighted by Gasteiger charge is 2.10. The van der Waals surface area contributed by atoms with Gasteiger partial charge in [-0.1, -0.05) is 48.9 Å². The average molecular weight is 417 g/mol. The summed E-state index contributed by atoms with van der Waals surface area (Å²) in [5.41, 5.74) is 4.81. The molecule has 1 aliphatic heterocycles. The number of likely N-dealkylation sites (tertiary alicyclic amines) is 1. The van der Waals surface area contributed by atoms with E-state index >= 15 is 0 Å². The molecule has 2 aromatic carbocycles. The molecule has 6 heteroatoms. The van der Waals surface area contributed by atoms with Crippen molar-refractivity contribution in [1.29, 1.82) is 0 Å². The van der Waals surface area contributed by atoms with Gasteiger partial charge in [-0.3, -0.25) is 9.89 Å². The Morgan fingerprint density at radius 1 is 0.871 bits per heavy atom. The predicted octanol–water partition coefficient (Wildman–Crippen LogP) is 3.72. The van der Waals surface area contributed by atoms with Gasteiger partial charge in [-0.25, -0.2) is 4.68 Å². The third-order valence-electron chi connectivity index (χ3n) is 5.68. The lowest BCUT2D eigenvalue weighted by Crippen LogP contribution is -2.36. The summed E-state index contributed by atoms with van der Waals surface area (Å²) < 4.78 is 1.89. The Hall–Kier alpha value is -3.12. The van der Waals surface area contributed by atoms with Crippen LogP contribution in [0.4, 0.5) is 0 Å². The summed E-state index contributed by atoms with van der Waals surface area (Å²) in [7, 11) is 1.80. The number of hydrogen-bond donors (Lipinski definition) is 2. The molecule has 0 spiro atoms. The lowest BCUT2D eigenvalue weighted by atomic mass is 10.1. The molecule has 3 aromatic rings. The van der Waals surface area contributed by atoms with Gasteiger partial charge >= 0.3 is 0 Å². The van der Waals surface area contributed by atoms with E-state index in [9.17, 15) is 0 Å². The molecule has 0 atom stereocenters. The van der Waals surface area contributed by atoms with Crippen LogP contribution in [-0.2, 0) is 19.6 Å². The fraction of sp³-hybridized carbons (Fsp3) is 0.360. The van der Waals surface area contributed by atoms with Gasteiger partial charge in [-0.2, -0.15) is 5.10 Å². The first-order valence-electron chi connectivity index (χ1n) is 11.1.